The Morgan fingerprint density at radius 3 is 2.80 bits per heavy atom. The van der Waals surface area contributed by atoms with Gasteiger partial charge in [-0.05, 0) is 43.2 Å². The predicted octanol–water partition coefficient (Wildman–Crippen LogP) is 2.80. The summed E-state index contributed by atoms with van der Waals surface area (Å²) in [5.74, 6) is 0.197. The summed E-state index contributed by atoms with van der Waals surface area (Å²) in [6, 6.07) is 10.8. The zero-order valence-corrected chi connectivity index (χ0v) is 15.2. The van der Waals surface area contributed by atoms with Crippen LogP contribution in [0.4, 0.5) is 11.5 Å². The van der Waals surface area contributed by atoms with Crippen molar-refractivity contribution < 1.29 is 9.59 Å². The monoisotopic (exact) mass is 402 g/mol. The first-order valence-corrected chi connectivity index (χ1v) is 8.89. The SMILES string of the molecule is NC(=O)C1CCCN(c2ccc(NC(=O)c3cccc(Br)c3)cn2)C1. The fourth-order valence-electron chi connectivity index (χ4n) is 2.90. The number of piperidine rings is 1. The third-order valence-electron chi connectivity index (χ3n) is 4.24. The van der Waals surface area contributed by atoms with Crippen LogP contribution in [0.25, 0.3) is 0 Å². The van der Waals surface area contributed by atoms with Gasteiger partial charge in [-0.15, -0.1) is 0 Å². The van der Waals surface area contributed by atoms with E-state index in [0.29, 0.717) is 17.8 Å². The Morgan fingerprint density at radius 2 is 2.12 bits per heavy atom. The largest absolute Gasteiger partial charge is 0.369 e. The Kier molecular flexibility index (Phi) is 5.33. The molecule has 0 radical (unpaired) electrons. The Hall–Kier alpha value is -2.41. The van der Waals surface area contributed by atoms with Crippen molar-refractivity contribution in [3.05, 3.63) is 52.6 Å². The van der Waals surface area contributed by atoms with Crippen LogP contribution in [0.1, 0.15) is 23.2 Å². The van der Waals surface area contributed by atoms with E-state index in [1.807, 2.05) is 24.3 Å². The van der Waals surface area contributed by atoms with E-state index in [1.54, 1.807) is 18.3 Å². The van der Waals surface area contributed by atoms with Crippen LogP contribution in [0.15, 0.2) is 47.1 Å². The number of anilines is 2. The highest BCUT2D eigenvalue weighted by Crippen LogP contribution is 2.22. The zero-order chi connectivity index (χ0) is 17.8. The normalized spacial score (nSPS) is 17.2. The number of aromatic nitrogens is 1. The van der Waals surface area contributed by atoms with Gasteiger partial charge in [0.1, 0.15) is 5.82 Å². The first-order chi connectivity index (χ1) is 12.0. The average Bonchev–Trinajstić information content (AvgIpc) is 2.62. The van der Waals surface area contributed by atoms with Gasteiger partial charge < -0.3 is 16.0 Å². The van der Waals surface area contributed by atoms with Crippen molar-refractivity contribution in [3.8, 4) is 0 Å². The molecule has 1 aromatic heterocycles. The van der Waals surface area contributed by atoms with Crippen molar-refractivity contribution in [1.29, 1.82) is 0 Å². The van der Waals surface area contributed by atoms with Crippen LogP contribution in [-0.4, -0.2) is 29.9 Å². The summed E-state index contributed by atoms with van der Waals surface area (Å²) in [5, 5.41) is 2.83. The molecule has 6 nitrogen and oxygen atoms in total. The van der Waals surface area contributed by atoms with E-state index in [2.05, 4.69) is 31.1 Å². The molecule has 25 heavy (non-hydrogen) atoms. The summed E-state index contributed by atoms with van der Waals surface area (Å²) in [5.41, 5.74) is 6.61. The smallest absolute Gasteiger partial charge is 0.255 e. The lowest BCUT2D eigenvalue weighted by atomic mass is 9.97. The Balaban J connectivity index is 1.66. The third kappa shape index (κ3) is 4.36. The molecule has 1 aliphatic heterocycles. The van der Waals surface area contributed by atoms with E-state index in [0.717, 1.165) is 29.7 Å². The second-order valence-electron chi connectivity index (χ2n) is 6.06. The Morgan fingerprint density at radius 1 is 1.28 bits per heavy atom. The summed E-state index contributed by atoms with van der Waals surface area (Å²) >= 11 is 3.35. The molecule has 1 unspecified atom stereocenters. The number of amides is 2. The number of carbonyl (C=O) groups is 2. The number of rotatable bonds is 4. The van der Waals surface area contributed by atoms with Crippen LogP contribution in [0.3, 0.4) is 0 Å². The highest BCUT2D eigenvalue weighted by Gasteiger charge is 2.24. The molecule has 0 saturated carbocycles. The number of nitrogens with one attached hydrogen (secondary N) is 1. The molecule has 1 aliphatic rings. The lowest BCUT2D eigenvalue weighted by Crippen LogP contribution is -2.41. The molecular formula is C18H19BrN4O2. The number of pyridine rings is 1. The Labute approximate surface area is 154 Å². The van der Waals surface area contributed by atoms with Gasteiger partial charge in [0, 0.05) is 23.1 Å². The van der Waals surface area contributed by atoms with Crippen LogP contribution in [0.2, 0.25) is 0 Å². The quantitative estimate of drug-likeness (QED) is 0.822. The van der Waals surface area contributed by atoms with Gasteiger partial charge in [-0.25, -0.2) is 4.98 Å². The minimum atomic E-state index is -0.261. The fraction of sp³-hybridized carbons (Fsp3) is 0.278. The summed E-state index contributed by atoms with van der Waals surface area (Å²) in [7, 11) is 0. The molecule has 0 aliphatic carbocycles. The number of halogens is 1. The van der Waals surface area contributed by atoms with Gasteiger partial charge in [0.2, 0.25) is 5.91 Å². The van der Waals surface area contributed by atoms with Gasteiger partial charge in [0.15, 0.2) is 0 Å². The molecule has 2 amide bonds. The first-order valence-electron chi connectivity index (χ1n) is 8.10. The topological polar surface area (TPSA) is 88.3 Å². The third-order valence-corrected chi connectivity index (χ3v) is 4.73. The van der Waals surface area contributed by atoms with Crippen molar-refractivity contribution in [2.24, 2.45) is 11.7 Å². The fourth-order valence-corrected chi connectivity index (χ4v) is 3.30. The maximum atomic E-state index is 12.2. The maximum absolute atomic E-state index is 12.2. The highest BCUT2D eigenvalue weighted by molar-refractivity contribution is 9.10. The summed E-state index contributed by atoms with van der Waals surface area (Å²) in [6.45, 7) is 1.44. The molecule has 3 N–H and O–H groups in total. The number of nitrogens with two attached hydrogens (primary N) is 1. The minimum Gasteiger partial charge on any atom is -0.369 e. The van der Waals surface area contributed by atoms with E-state index in [-0.39, 0.29) is 17.7 Å². The van der Waals surface area contributed by atoms with Crippen LogP contribution in [0, 0.1) is 5.92 Å². The number of carbonyl (C=O) groups excluding carboxylic acids is 2. The van der Waals surface area contributed by atoms with Gasteiger partial charge in [-0.3, -0.25) is 9.59 Å². The number of hydrogen-bond donors (Lipinski definition) is 2. The zero-order valence-electron chi connectivity index (χ0n) is 13.6. The molecule has 7 heteroatoms. The molecule has 1 fully saturated rings. The molecule has 1 aromatic carbocycles. The number of nitrogens with zero attached hydrogens (tertiary/aromatic N) is 2. The lowest BCUT2D eigenvalue weighted by Gasteiger charge is -2.32. The standard InChI is InChI=1S/C18H19BrN4O2/c19-14-5-1-3-12(9-14)18(25)22-15-6-7-16(21-10-15)23-8-2-4-13(11-23)17(20)24/h1,3,5-7,9-10,13H,2,4,8,11H2,(H2,20,24)(H,22,25). The van der Waals surface area contributed by atoms with Gasteiger partial charge >= 0.3 is 0 Å². The highest BCUT2D eigenvalue weighted by atomic mass is 79.9. The number of benzene rings is 1. The van der Waals surface area contributed by atoms with Crippen molar-refractivity contribution in [3.63, 3.8) is 0 Å². The number of primary amides is 1. The second kappa shape index (κ2) is 7.65. The van der Waals surface area contributed by atoms with E-state index in [4.69, 9.17) is 5.73 Å². The second-order valence-corrected chi connectivity index (χ2v) is 6.97. The molecule has 3 rings (SSSR count). The van der Waals surface area contributed by atoms with Crippen LogP contribution >= 0.6 is 15.9 Å². The van der Waals surface area contributed by atoms with Gasteiger partial charge in [-0.2, -0.15) is 0 Å². The van der Waals surface area contributed by atoms with Gasteiger partial charge in [0.25, 0.3) is 5.91 Å². The van der Waals surface area contributed by atoms with Crippen LogP contribution < -0.4 is 16.0 Å². The molecule has 130 valence electrons. The molecule has 2 aromatic rings. The summed E-state index contributed by atoms with van der Waals surface area (Å²) in [6.07, 6.45) is 3.36. The Bertz CT molecular complexity index is 779. The van der Waals surface area contributed by atoms with Crippen molar-refractivity contribution in [1.82, 2.24) is 4.98 Å². The van der Waals surface area contributed by atoms with E-state index in [9.17, 15) is 9.59 Å². The molecule has 0 bridgehead atoms. The minimum absolute atomic E-state index is 0.133. The molecule has 2 heterocycles. The van der Waals surface area contributed by atoms with Crippen LogP contribution in [0.5, 0.6) is 0 Å². The molecule has 1 saturated heterocycles. The number of hydrogen-bond acceptors (Lipinski definition) is 4. The molecule has 1 atom stereocenters. The lowest BCUT2D eigenvalue weighted by molar-refractivity contribution is -0.122. The van der Waals surface area contributed by atoms with Gasteiger partial charge in [0.05, 0.1) is 17.8 Å². The van der Waals surface area contributed by atoms with Crippen molar-refractivity contribution in [2.75, 3.05) is 23.3 Å². The summed E-state index contributed by atoms with van der Waals surface area (Å²) < 4.78 is 0.850. The first kappa shape index (κ1) is 17.4. The summed E-state index contributed by atoms with van der Waals surface area (Å²) in [4.78, 5) is 30.1. The maximum Gasteiger partial charge on any atom is 0.255 e. The van der Waals surface area contributed by atoms with Crippen molar-refractivity contribution >= 4 is 39.2 Å². The van der Waals surface area contributed by atoms with Crippen LogP contribution in [-0.2, 0) is 4.79 Å². The predicted molar refractivity (Wildman–Crippen MR) is 100 cm³/mol. The average molecular weight is 403 g/mol. The van der Waals surface area contributed by atoms with Crippen molar-refractivity contribution in [2.45, 2.75) is 12.8 Å². The van der Waals surface area contributed by atoms with Gasteiger partial charge in [-0.1, -0.05) is 22.0 Å². The molecule has 0 spiro atoms. The van der Waals surface area contributed by atoms with E-state index in [1.165, 1.54) is 0 Å². The van der Waals surface area contributed by atoms with E-state index >= 15 is 0 Å². The molecular weight excluding hydrogens is 384 g/mol. The van der Waals surface area contributed by atoms with E-state index < -0.39 is 0 Å².